The smallest absolute Gasteiger partial charge is 0.331 e. The minimum Gasteiger partial charge on any atom is -0.478 e. The first-order valence-electron chi connectivity index (χ1n) is 3.64. The summed E-state index contributed by atoms with van der Waals surface area (Å²) >= 11 is 0. The largest absolute Gasteiger partial charge is 0.478 e. The number of carbonyl (C=O) groups is 2. The lowest BCUT2D eigenvalue weighted by Crippen LogP contribution is -2.10. The number of carbonyl (C=O) groups excluding carboxylic acids is 1. The highest BCUT2D eigenvalue weighted by molar-refractivity contribution is 5.91. The first-order chi connectivity index (χ1) is 5.57. The summed E-state index contributed by atoms with van der Waals surface area (Å²) in [4.78, 5) is 21.0. The van der Waals surface area contributed by atoms with Gasteiger partial charge in [0.1, 0.15) is 0 Å². The van der Waals surface area contributed by atoms with Crippen LogP contribution in [0.25, 0.3) is 0 Å². The molecule has 0 aliphatic heterocycles. The number of esters is 1. The van der Waals surface area contributed by atoms with Crippen LogP contribution in [0.5, 0.6) is 0 Å². The molecule has 0 bridgehead atoms. The number of carboxylic acid groups (broad SMARTS) is 1. The van der Waals surface area contributed by atoms with Gasteiger partial charge in [-0.05, 0) is 6.42 Å². The third kappa shape index (κ3) is 4.49. The molecule has 4 heteroatoms. The Bertz CT molecular complexity index is 195. The van der Waals surface area contributed by atoms with Crippen LogP contribution in [-0.2, 0) is 14.3 Å². The Kier molecular flexibility index (Phi) is 4.76. The summed E-state index contributed by atoms with van der Waals surface area (Å²) in [6.07, 6.45) is 0.487. The maximum atomic E-state index is 10.8. The van der Waals surface area contributed by atoms with E-state index in [2.05, 4.69) is 11.3 Å². The fraction of sp³-hybridized carbons (Fsp3) is 0.500. The SMILES string of the molecule is C=C(CC(=O)OCCC)C(=O)O. The number of rotatable bonds is 5. The van der Waals surface area contributed by atoms with Gasteiger partial charge in [0.15, 0.2) is 0 Å². The van der Waals surface area contributed by atoms with Crippen molar-refractivity contribution in [3.63, 3.8) is 0 Å². The maximum Gasteiger partial charge on any atom is 0.331 e. The number of carboxylic acids is 1. The standard InChI is InChI=1S/C8H12O4/c1-3-4-12-7(9)5-6(2)8(10)11/h2-5H2,1H3,(H,10,11). The average molecular weight is 172 g/mol. The van der Waals surface area contributed by atoms with E-state index in [0.717, 1.165) is 6.42 Å². The van der Waals surface area contributed by atoms with Crippen LogP contribution in [-0.4, -0.2) is 23.7 Å². The maximum absolute atomic E-state index is 10.8. The van der Waals surface area contributed by atoms with Crippen molar-refractivity contribution < 1.29 is 19.4 Å². The Morgan fingerprint density at radius 3 is 2.50 bits per heavy atom. The van der Waals surface area contributed by atoms with Gasteiger partial charge in [-0.25, -0.2) is 4.79 Å². The molecule has 0 aromatic carbocycles. The third-order valence-corrected chi connectivity index (χ3v) is 1.13. The molecule has 0 atom stereocenters. The first-order valence-corrected chi connectivity index (χ1v) is 3.64. The zero-order valence-corrected chi connectivity index (χ0v) is 7.00. The average Bonchev–Trinajstić information content (AvgIpc) is 2.00. The van der Waals surface area contributed by atoms with Crippen LogP contribution < -0.4 is 0 Å². The molecule has 0 unspecified atom stereocenters. The summed E-state index contributed by atoms with van der Waals surface area (Å²) in [5.74, 6) is -1.70. The van der Waals surface area contributed by atoms with Gasteiger partial charge in [0.05, 0.1) is 13.0 Å². The lowest BCUT2D eigenvalue weighted by atomic mass is 10.2. The molecule has 4 nitrogen and oxygen atoms in total. The van der Waals surface area contributed by atoms with Crippen LogP contribution in [0.4, 0.5) is 0 Å². The molecular weight excluding hydrogens is 160 g/mol. The molecule has 0 radical (unpaired) electrons. The van der Waals surface area contributed by atoms with Gasteiger partial charge in [-0.2, -0.15) is 0 Å². The van der Waals surface area contributed by atoms with Crippen molar-refractivity contribution in [1.29, 1.82) is 0 Å². The first kappa shape index (κ1) is 10.7. The molecule has 0 heterocycles. The fourth-order valence-corrected chi connectivity index (χ4v) is 0.517. The van der Waals surface area contributed by atoms with E-state index in [9.17, 15) is 9.59 Å². The molecular formula is C8H12O4. The Morgan fingerprint density at radius 1 is 1.50 bits per heavy atom. The summed E-state index contributed by atoms with van der Waals surface area (Å²) in [7, 11) is 0. The van der Waals surface area contributed by atoms with Crippen LogP contribution in [0.1, 0.15) is 19.8 Å². The zero-order chi connectivity index (χ0) is 9.56. The summed E-state index contributed by atoms with van der Waals surface area (Å²) in [6.45, 7) is 5.39. The minimum atomic E-state index is -1.16. The predicted octanol–water partition coefficient (Wildman–Crippen LogP) is 0.970. The quantitative estimate of drug-likeness (QED) is 0.495. The van der Waals surface area contributed by atoms with Gasteiger partial charge in [-0.3, -0.25) is 4.79 Å². The summed E-state index contributed by atoms with van der Waals surface area (Å²) < 4.78 is 4.65. The van der Waals surface area contributed by atoms with Gasteiger partial charge < -0.3 is 9.84 Å². The van der Waals surface area contributed by atoms with Gasteiger partial charge in [-0.15, -0.1) is 0 Å². The van der Waals surface area contributed by atoms with Crippen molar-refractivity contribution in [2.75, 3.05) is 6.61 Å². The van der Waals surface area contributed by atoms with Crippen LogP contribution in [0.2, 0.25) is 0 Å². The number of ether oxygens (including phenoxy) is 1. The Balaban J connectivity index is 3.69. The van der Waals surface area contributed by atoms with Gasteiger partial charge in [0.25, 0.3) is 0 Å². The lowest BCUT2D eigenvalue weighted by Gasteiger charge is -2.01. The summed E-state index contributed by atoms with van der Waals surface area (Å²) in [6, 6.07) is 0. The van der Waals surface area contributed by atoms with Gasteiger partial charge in [0, 0.05) is 5.57 Å². The van der Waals surface area contributed by atoms with Crippen molar-refractivity contribution in [3.05, 3.63) is 12.2 Å². The number of hydrogen-bond donors (Lipinski definition) is 1. The van der Waals surface area contributed by atoms with E-state index in [4.69, 9.17) is 5.11 Å². The molecule has 0 saturated heterocycles. The molecule has 0 spiro atoms. The second-order valence-electron chi connectivity index (χ2n) is 2.31. The molecule has 12 heavy (non-hydrogen) atoms. The Labute approximate surface area is 70.8 Å². The van der Waals surface area contributed by atoms with E-state index in [-0.39, 0.29) is 12.0 Å². The van der Waals surface area contributed by atoms with Crippen molar-refractivity contribution >= 4 is 11.9 Å². The molecule has 0 aliphatic carbocycles. The van der Waals surface area contributed by atoms with Crippen molar-refractivity contribution in [1.82, 2.24) is 0 Å². The molecule has 0 saturated carbocycles. The summed E-state index contributed by atoms with van der Waals surface area (Å²) in [5.41, 5.74) is -0.142. The monoisotopic (exact) mass is 172 g/mol. The predicted molar refractivity (Wildman–Crippen MR) is 42.6 cm³/mol. The van der Waals surface area contributed by atoms with E-state index in [1.807, 2.05) is 6.92 Å². The normalized spacial score (nSPS) is 9.08. The minimum absolute atomic E-state index is 0.142. The van der Waals surface area contributed by atoms with Crippen LogP contribution in [0, 0.1) is 0 Å². The van der Waals surface area contributed by atoms with E-state index < -0.39 is 11.9 Å². The van der Waals surface area contributed by atoms with E-state index in [0.29, 0.717) is 6.61 Å². The van der Waals surface area contributed by atoms with Gasteiger partial charge >= 0.3 is 11.9 Å². The lowest BCUT2D eigenvalue weighted by molar-refractivity contribution is -0.144. The second-order valence-corrected chi connectivity index (χ2v) is 2.31. The number of aliphatic carboxylic acids is 1. The molecule has 0 aliphatic rings. The number of hydrogen-bond acceptors (Lipinski definition) is 3. The third-order valence-electron chi connectivity index (χ3n) is 1.13. The van der Waals surface area contributed by atoms with E-state index in [1.54, 1.807) is 0 Å². The molecule has 0 amide bonds. The van der Waals surface area contributed by atoms with E-state index in [1.165, 1.54) is 0 Å². The van der Waals surface area contributed by atoms with Crippen LogP contribution in [0.3, 0.4) is 0 Å². The highest BCUT2D eigenvalue weighted by atomic mass is 16.5. The fourth-order valence-electron chi connectivity index (χ4n) is 0.517. The highest BCUT2D eigenvalue weighted by Gasteiger charge is 2.10. The van der Waals surface area contributed by atoms with Crippen molar-refractivity contribution in [2.24, 2.45) is 0 Å². The van der Waals surface area contributed by atoms with Gasteiger partial charge in [-0.1, -0.05) is 13.5 Å². The second kappa shape index (κ2) is 5.35. The molecule has 1 N–H and O–H groups in total. The van der Waals surface area contributed by atoms with E-state index >= 15 is 0 Å². The summed E-state index contributed by atoms with van der Waals surface area (Å²) in [5, 5.41) is 8.35. The Hall–Kier alpha value is -1.32. The van der Waals surface area contributed by atoms with Crippen LogP contribution in [0.15, 0.2) is 12.2 Å². The van der Waals surface area contributed by atoms with Crippen molar-refractivity contribution in [3.8, 4) is 0 Å². The Morgan fingerprint density at radius 2 is 2.08 bits per heavy atom. The molecule has 0 fully saturated rings. The van der Waals surface area contributed by atoms with Gasteiger partial charge in [0.2, 0.25) is 0 Å². The van der Waals surface area contributed by atoms with Crippen molar-refractivity contribution in [2.45, 2.75) is 19.8 Å². The molecule has 0 rings (SSSR count). The molecule has 68 valence electrons. The molecule has 0 aromatic rings. The van der Waals surface area contributed by atoms with Crippen LogP contribution >= 0.6 is 0 Å². The topological polar surface area (TPSA) is 63.6 Å². The highest BCUT2D eigenvalue weighted by Crippen LogP contribution is 1.99. The molecule has 0 aromatic heterocycles. The zero-order valence-electron chi connectivity index (χ0n) is 7.00.